The molecule has 2 aromatic rings. The molecule has 0 aliphatic carbocycles. The third-order valence-electron chi connectivity index (χ3n) is 3.42. The Morgan fingerprint density at radius 1 is 1.40 bits per heavy atom. The van der Waals surface area contributed by atoms with Crippen molar-refractivity contribution in [1.82, 2.24) is 14.9 Å². The van der Waals surface area contributed by atoms with E-state index in [4.69, 9.17) is 4.74 Å². The second-order valence-electron chi connectivity index (χ2n) is 4.64. The second-order valence-corrected chi connectivity index (χ2v) is 4.64. The highest BCUT2D eigenvalue weighted by Gasteiger charge is 2.21. The van der Waals surface area contributed by atoms with Crippen LogP contribution < -0.4 is 10.1 Å². The summed E-state index contributed by atoms with van der Waals surface area (Å²) in [5.41, 5.74) is 1.06. The summed E-state index contributed by atoms with van der Waals surface area (Å²) in [7, 11) is 0. The predicted molar refractivity (Wildman–Crippen MR) is 69.6 cm³/mol. The van der Waals surface area contributed by atoms with Crippen LogP contribution in [0.15, 0.2) is 36.7 Å². The summed E-state index contributed by atoms with van der Waals surface area (Å²) in [4.78, 5) is 3.97. The van der Waals surface area contributed by atoms with Gasteiger partial charge in [-0.3, -0.25) is 4.57 Å². The zero-order valence-electron chi connectivity index (χ0n) is 10.8. The predicted octanol–water partition coefficient (Wildman–Crippen LogP) is 2.89. The summed E-state index contributed by atoms with van der Waals surface area (Å²) in [6, 6.07) is 7.88. The fraction of sp³-hybridized carbons (Fsp3) is 0.357. The third kappa shape index (κ3) is 2.51. The van der Waals surface area contributed by atoms with Gasteiger partial charge >= 0.3 is 6.55 Å². The Bertz CT molecular complexity index is 585. The maximum Gasteiger partial charge on any atom is 0.319 e. The molecule has 1 aliphatic heterocycles. The van der Waals surface area contributed by atoms with Crippen LogP contribution in [0, 0.1) is 0 Å². The fourth-order valence-corrected chi connectivity index (χ4v) is 2.43. The van der Waals surface area contributed by atoms with Crippen LogP contribution in [0.2, 0.25) is 0 Å². The lowest BCUT2D eigenvalue weighted by molar-refractivity contribution is 0.0663. The van der Waals surface area contributed by atoms with E-state index in [1.807, 2.05) is 24.3 Å². The normalized spacial score (nSPS) is 17.9. The summed E-state index contributed by atoms with van der Waals surface area (Å²) >= 11 is 0. The van der Waals surface area contributed by atoms with Crippen molar-refractivity contribution in [3.8, 4) is 5.75 Å². The molecule has 1 unspecified atom stereocenters. The molecule has 0 bridgehead atoms. The summed E-state index contributed by atoms with van der Waals surface area (Å²) in [6.07, 6.45) is 3.49. The van der Waals surface area contributed by atoms with Gasteiger partial charge in [-0.2, -0.15) is 8.78 Å². The van der Waals surface area contributed by atoms with Crippen LogP contribution in [-0.4, -0.2) is 16.2 Å². The Balaban J connectivity index is 1.72. The number of alkyl halides is 2. The van der Waals surface area contributed by atoms with Crippen molar-refractivity contribution < 1.29 is 13.5 Å². The van der Waals surface area contributed by atoms with E-state index in [-0.39, 0.29) is 6.04 Å². The topological polar surface area (TPSA) is 39.1 Å². The van der Waals surface area contributed by atoms with E-state index < -0.39 is 6.55 Å². The van der Waals surface area contributed by atoms with Crippen LogP contribution in [0.25, 0.3) is 0 Å². The van der Waals surface area contributed by atoms with Gasteiger partial charge < -0.3 is 10.1 Å². The van der Waals surface area contributed by atoms with Crippen LogP contribution in [0.1, 0.15) is 30.4 Å². The Labute approximate surface area is 115 Å². The maximum atomic E-state index is 12.7. The maximum absolute atomic E-state index is 12.7. The molecule has 3 rings (SSSR count). The molecule has 1 N–H and O–H groups in total. The number of fused-ring (bicyclic) bond motifs is 1. The van der Waals surface area contributed by atoms with Gasteiger partial charge in [-0.05, 0) is 6.07 Å². The standard InChI is InChI=1S/C14H15F2N3O/c15-14(16)19-7-6-17-13(19)9-18-11-5-8-20-12-4-2-1-3-10(11)12/h1-4,6-7,11,14,18H,5,8-9H2. The molecule has 0 saturated heterocycles. The first-order valence-corrected chi connectivity index (χ1v) is 6.50. The van der Waals surface area contributed by atoms with Crippen LogP contribution in [-0.2, 0) is 6.54 Å². The first-order valence-electron chi connectivity index (χ1n) is 6.50. The number of halogens is 2. The van der Waals surface area contributed by atoms with Crippen LogP contribution >= 0.6 is 0 Å². The van der Waals surface area contributed by atoms with Crippen LogP contribution in [0.3, 0.4) is 0 Å². The number of ether oxygens (including phenoxy) is 1. The molecule has 4 nitrogen and oxygen atoms in total. The molecule has 0 radical (unpaired) electrons. The number of imidazole rings is 1. The molecule has 1 atom stereocenters. The summed E-state index contributed by atoms with van der Waals surface area (Å²) < 4.78 is 31.9. The molecule has 1 aromatic carbocycles. The molecular formula is C14H15F2N3O. The van der Waals surface area contributed by atoms with Gasteiger partial charge in [-0.25, -0.2) is 4.98 Å². The van der Waals surface area contributed by atoms with Crippen molar-refractivity contribution in [2.24, 2.45) is 0 Å². The first-order chi connectivity index (χ1) is 9.75. The van der Waals surface area contributed by atoms with Crippen molar-refractivity contribution in [2.75, 3.05) is 6.61 Å². The highest BCUT2D eigenvalue weighted by Crippen LogP contribution is 2.31. The molecule has 0 saturated carbocycles. The Kier molecular flexibility index (Phi) is 3.64. The van der Waals surface area contributed by atoms with E-state index in [9.17, 15) is 8.78 Å². The lowest BCUT2D eigenvalue weighted by Crippen LogP contribution is -2.27. The molecular weight excluding hydrogens is 264 g/mol. The Morgan fingerprint density at radius 3 is 3.10 bits per heavy atom. The molecule has 1 aromatic heterocycles. The van der Waals surface area contributed by atoms with Crippen LogP contribution in [0.4, 0.5) is 8.78 Å². The smallest absolute Gasteiger partial charge is 0.319 e. The Hall–Kier alpha value is -1.95. The van der Waals surface area contributed by atoms with E-state index in [2.05, 4.69) is 10.3 Å². The minimum absolute atomic E-state index is 0.0998. The monoisotopic (exact) mass is 279 g/mol. The first kappa shape index (κ1) is 13.1. The minimum Gasteiger partial charge on any atom is -0.493 e. The summed E-state index contributed by atoms with van der Waals surface area (Å²) in [6.45, 7) is -1.63. The quantitative estimate of drug-likeness (QED) is 0.935. The van der Waals surface area contributed by atoms with E-state index in [1.54, 1.807) is 0 Å². The summed E-state index contributed by atoms with van der Waals surface area (Å²) in [5, 5.41) is 3.28. The lowest BCUT2D eigenvalue weighted by atomic mass is 10.0. The van der Waals surface area contributed by atoms with E-state index in [0.717, 1.165) is 22.3 Å². The molecule has 106 valence electrons. The van der Waals surface area contributed by atoms with E-state index >= 15 is 0 Å². The number of nitrogens with zero attached hydrogens (tertiary/aromatic N) is 2. The molecule has 0 amide bonds. The van der Waals surface area contributed by atoms with Gasteiger partial charge in [0.15, 0.2) is 0 Å². The van der Waals surface area contributed by atoms with Gasteiger partial charge in [-0.1, -0.05) is 18.2 Å². The van der Waals surface area contributed by atoms with Crippen molar-refractivity contribution in [2.45, 2.75) is 25.6 Å². The van der Waals surface area contributed by atoms with Gasteiger partial charge in [0.25, 0.3) is 0 Å². The number of aromatic nitrogens is 2. The van der Waals surface area contributed by atoms with E-state index in [0.29, 0.717) is 19.0 Å². The largest absolute Gasteiger partial charge is 0.493 e. The van der Waals surface area contributed by atoms with Crippen molar-refractivity contribution in [3.05, 3.63) is 48.0 Å². The molecule has 6 heteroatoms. The van der Waals surface area contributed by atoms with Gasteiger partial charge in [0, 0.05) is 30.4 Å². The highest BCUT2D eigenvalue weighted by molar-refractivity contribution is 5.37. The fourth-order valence-electron chi connectivity index (χ4n) is 2.43. The van der Waals surface area contributed by atoms with Crippen molar-refractivity contribution >= 4 is 0 Å². The molecule has 20 heavy (non-hydrogen) atoms. The summed E-state index contributed by atoms with van der Waals surface area (Å²) in [5.74, 6) is 1.19. The second kappa shape index (κ2) is 5.58. The number of hydrogen-bond acceptors (Lipinski definition) is 3. The molecule has 1 aliphatic rings. The number of nitrogens with one attached hydrogen (secondary N) is 1. The van der Waals surface area contributed by atoms with Crippen molar-refractivity contribution in [1.29, 1.82) is 0 Å². The van der Waals surface area contributed by atoms with Crippen molar-refractivity contribution in [3.63, 3.8) is 0 Å². The van der Waals surface area contributed by atoms with Gasteiger partial charge in [0.2, 0.25) is 0 Å². The van der Waals surface area contributed by atoms with Gasteiger partial charge in [-0.15, -0.1) is 0 Å². The average Bonchev–Trinajstić information content (AvgIpc) is 2.93. The van der Waals surface area contributed by atoms with Crippen LogP contribution in [0.5, 0.6) is 5.75 Å². The third-order valence-corrected chi connectivity index (χ3v) is 3.42. The highest BCUT2D eigenvalue weighted by atomic mass is 19.3. The number of benzene rings is 1. The van der Waals surface area contributed by atoms with E-state index in [1.165, 1.54) is 12.4 Å². The Morgan fingerprint density at radius 2 is 2.25 bits per heavy atom. The number of para-hydroxylation sites is 1. The molecule has 0 fully saturated rings. The lowest BCUT2D eigenvalue weighted by Gasteiger charge is -2.26. The zero-order valence-corrected chi connectivity index (χ0v) is 10.8. The average molecular weight is 279 g/mol. The van der Waals surface area contributed by atoms with Gasteiger partial charge in [0.05, 0.1) is 13.2 Å². The molecule has 2 heterocycles. The zero-order chi connectivity index (χ0) is 13.9. The SMILES string of the molecule is FC(F)n1ccnc1CNC1CCOc2ccccc21. The van der Waals surface area contributed by atoms with Gasteiger partial charge in [0.1, 0.15) is 11.6 Å². The number of rotatable bonds is 4. The number of hydrogen-bond donors (Lipinski definition) is 1. The minimum atomic E-state index is -2.56. The molecule has 0 spiro atoms.